The molecule has 6 heteroatoms. The van der Waals surface area contributed by atoms with Gasteiger partial charge in [-0.15, -0.1) is 23.5 Å². The van der Waals surface area contributed by atoms with Crippen LogP contribution in [-0.4, -0.2) is 35.0 Å². The first-order valence-electron chi connectivity index (χ1n) is 8.46. The summed E-state index contributed by atoms with van der Waals surface area (Å²) >= 11 is 3.83. The van der Waals surface area contributed by atoms with E-state index in [4.69, 9.17) is 14.2 Å². The molecule has 138 valence electrons. The van der Waals surface area contributed by atoms with Crippen LogP contribution < -0.4 is 9.47 Å². The number of esters is 1. The van der Waals surface area contributed by atoms with Crippen LogP contribution in [0.4, 0.5) is 0 Å². The predicted molar refractivity (Wildman–Crippen MR) is 107 cm³/mol. The van der Waals surface area contributed by atoms with Crippen molar-refractivity contribution in [3.63, 3.8) is 0 Å². The Morgan fingerprint density at radius 1 is 1.00 bits per heavy atom. The number of aryl methyl sites for hydroxylation is 1. The number of carbonyl (C=O) groups excluding carboxylic acids is 1. The van der Waals surface area contributed by atoms with Crippen LogP contribution in [0.25, 0.3) is 0 Å². The first kappa shape index (κ1) is 19.1. The van der Waals surface area contributed by atoms with Gasteiger partial charge in [-0.05, 0) is 50.2 Å². The summed E-state index contributed by atoms with van der Waals surface area (Å²) in [5.74, 6) is 2.81. The lowest BCUT2D eigenvalue weighted by Gasteiger charge is -2.25. The van der Waals surface area contributed by atoms with E-state index in [2.05, 4.69) is 6.92 Å². The zero-order valence-corrected chi connectivity index (χ0v) is 16.5. The van der Waals surface area contributed by atoms with Crippen molar-refractivity contribution in [1.29, 1.82) is 0 Å². The van der Waals surface area contributed by atoms with E-state index in [0.717, 1.165) is 17.1 Å². The number of hydrogen-bond acceptors (Lipinski definition) is 6. The predicted octanol–water partition coefficient (Wildman–Crippen LogP) is 4.76. The smallest absolute Gasteiger partial charge is 0.343 e. The fourth-order valence-corrected chi connectivity index (χ4v) is 4.74. The molecule has 0 radical (unpaired) electrons. The topological polar surface area (TPSA) is 44.8 Å². The Morgan fingerprint density at radius 3 is 2.27 bits per heavy atom. The zero-order chi connectivity index (χ0) is 18.4. The van der Waals surface area contributed by atoms with Crippen LogP contribution in [0.3, 0.4) is 0 Å². The van der Waals surface area contributed by atoms with Crippen molar-refractivity contribution < 1.29 is 19.0 Å². The molecule has 0 saturated carbocycles. The molecular formula is C20H22O4S2. The van der Waals surface area contributed by atoms with Gasteiger partial charge in [0.1, 0.15) is 11.5 Å². The monoisotopic (exact) mass is 390 g/mol. The minimum atomic E-state index is -0.372. The highest BCUT2D eigenvalue weighted by Crippen LogP contribution is 2.31. The van der Waals surface area contributed by atoms with E-state index in [0.29, 0.717) is 21.6 Å². The molecule has 1 fully saturated rings. The standard InChI is InChI=1S/C20H22O4S2/c1-14-3-5-16(6-4-14)20(21)24-18-9-7-17(8-10-18)22-13-23-19-11-25-15(2)26-12-19/h3-10,15,19H,11-13H2,1-2H3. The van der Waals surface area contributed by atoms with Gasteiger partial charge in [-0.1, -0.05) is 17.7 Å². The summed E-state index contributed by atoms with van der Waals surface area (Å²) in [6, 6.07) is 14.3. The molecule has 0 amide bonds. The summed E-state index contributed by atoms with van der Waals surface area (Å²) in [4.78, 5) is 12.1. The lowest BCUT2D eigenvalue weighted by molar-refractivity contribution is -0.0163. The van der Waals surface area contributed by atoms with Gasteiger partial charge < -0.3 is 14.2 Å². The number of thioether (sulfide) groups is 2. The van der Waals surface area contributed by atoms with Gasteiger partial charge in [0.15, 0.2) is 6.79 Å². The van der Waals surface area contributed by atoms with Crippen molar-refractivity contribution in [1.82, 2.24) is 0 Å². The first-order chi connectivity index (χ1) is 12.6. The minimum Gasteiger partial charge on any atom is -0.468 e. The highest BCUT2D eigenvalue weighted by atomic mass is 32.2. The van der Waals surface area contributed by atoms with Gasteiger partial charge >= 0.3 is 5.97 Å². The molecular weight excluding hydrogens is 368 g/mol. The van der Waals surface area contributed by atoms with E-state index < -0.39 is 0 Å². The van der Waals surface area contributed by atoms with E-state index in [1.165, 1.54) is 0 Å². The average molecular weight is 391 g/mol. The highest BCUT2D eigenvalue weighted by Gasteiger charge is 2.19. The normalized spacial score (nSPS) is 19.8. The van der Waals surface area contributed by atoms with E-state index in [-0.39, 0.29) is 18.9 Å². The molecule has 1 saturated heterocycles. The van der Waals surface area contributed by atoms with Crippen molar-refractivity contribution in [3.8, 4) is 11.5 Å². The van der Waals surface area contributed by atoms with Crippen LogP contribution >= 0.6 is 23.5 Å². The second-order valence-corrected chi connectivity index (χ2v) is 9.06. The molecule has 1 heterocycles. The molecule has 26 heavy (non-hydrogen) atoms. The van der Waals surface area contributed by atoms with Gasteiger partial charge in [0.2, 0.25) is 0 Å². The van der Waals surface area contributed by atoms with E-state index in [9.17, 15) is 4.79 Å². The van der Waals surface area contributed by atoms with Crippen molar-refractivity contribution in [2.75, 3.05) is 18.3 Å². The maximum Gasteiger partial charge on any atom is 0.343 e. The van der Waals surface area contributed by atoms with Crippen LogP contribution in [0, 0.1) is 6.92 Å². The van der Waals surface area contributed by atoms with Crippen molar-refractivity contribution in [2.24, 2.45) is 0 Å². The summed E-state index contributed by atoms with van der Waals surface area (Å²) in [6.45, 7) is 4.42. The fraction of sp³-hybridized carbons (Fsp3) is 0.350. The molecule has 3 rings (SSSR count). The van der Waals surface area contributed by atoms with E-state index >= 15 is 0 Å². The molecule has 1 aliphatic heterocycles. The molecule has 0 unspecified atom stereocenters. The zero-order valence-electron chi connectivity index (χ0n) is 14.8. The number of benzene rings is 2. The second kappa shape index (κ2) is 9.35. The quantitative estimate of drug-likeness (QED) is 0.402. The van der Waals surface area contributed by atoms with Crippen molar-refractivity contribution in [2.45, 2.75) is 24.5 Å². The number of rotatable bonds is 6. The maximum atomic E-state index is 12.1. The molecule has 0 bridgehead atoms. The Morgan fingerprint density at radius 2 is 1.62 bits per heavy atom. The van der Waals surface area contributed by atoms with E-state index in [1.807, 2.05) is 42.6 Å². The summed E-state index contributed by atoms with van der Waals surface area (Å²) in [5.41, 5.74) is 1.63. The summed E-state index contributed by atoms with van der Waals surface area (Å²) in [6.07, 6.45) is 0.232. The molecule has 0 aromatic heterocycles. The molecule has 0 aliphatic carbocycles. The maximum absolute atomic E-state index is 12.1. The van der Waals surface area contributed by atoms with Crippen LogP contribution in [0.15, 0.2) is 48.5 Å². The van der Waals surface area contributed by atoms with Crippen LogP contribution in [0.2, 0.25) is 0 Å². The molecule has 2 aromatic carbocycles. The Bertz CT molecular complexity index is 708. The van der Waals surface area contributed by atoms with Gasteiger partial charge in [0.05, 0.1) is 11.7 Å². The summed E-state index contributed by atoms with van der Waals surface area (Å²) in [5, 5.41) is 0. The van der Waals surface area contributed by atoms with Crippen LogP contribution in [0.1, 0.15) is 22.8 Å². The lowest BCUT2D eigenvalue weighted by Crippen LogP contribution is -2.26. The molecule has 1 aliphatic rings. The van der Waals surface area contributed by atoms with Crippen molar-refractivity contribution >= 4 is 29.5 Å². The molecule has 0 atom stereocenters. The Labute approximate surface area is 162 Å². The average Bonchev–Trinajstić information content (AvgIpc) is 2.65. The Balaban J connectivity index is 1.44. The lowest BCUT2D eigenvalue weighted by atomic mass is 10.1. The van der Waals surface area contributed by atoms with Gasteiger partial charge in [0.25, 0.3) is 0 Å². The van der Waals surface area contributed by atoms with Crippen LogP contribution in [0.5, 0.6) is 11.5 Å². The molecule has 0 N–H and O–H groups in total. The van der Waals surface area contributed by atoms with Gasteiger partial charge in [-0.2, -0.15) is 0 Å². The number of hydrogen-bond donors (Lipinski definition) is 0. The SMILES string of the molecule is Cc1ccc(C(=O)Oc2ccc(OCOC3CSC(C)SC3)cc2)cc1. The third-order valence-corrected chi connectivity index (χ3v) is 6.77. The summed E-state index contributed by atoms with van der Waals surface area (Å²) in [7, 11) is 0. The third-order valence-electron chi connectivity index (χ3n) is 3.88. The Hall–Kier alpha value is -1.63. The van der Waals surface area contributed by atoms with Gasteiger partial charge in [-0.3, -0.25) is 0 Å². The largest absolute Gasteiger partial charge is 0.468 e. The molecule has 0 spiro atoms. The fourth-order valence-electron chi connectivity index (χ4n) is 2.34. The third kappa shape index (κ3) is 5.69. The minimum absolute atomic E-state index is 0.225. The van der Waals surface area contributed by atoms with E-state index in [1.54, 1.807) is 36.4 Å². The number of ether oxygens (including phenoxy) is 3. The first-order valence-corrected chi connectivity index (χ1v) is 10.6. The number of carbonyl (C=O) groups is 1. The van der Waals surface area contributed by atoms with Gasteiger partial charge in [0, 0.05) is 16.1 Å². The highest BCUT2D eigenvalue weighted by molar-refractivity contribution is 8.17. The Kier molecular flexibility index (Phi) is 6.88. The second-order valence-electron chi connectivity index (χ2n) is 6.01. The molecule has 2 aromatic rings. The molecule has 4 nitrogen and oxygen atoms in total. The van der Waals surface area contributed by atoms with Gasteiger partial charge in [-0.25, -0.2) is 4.79 Å². The summed E-state index contributed by atoms with van der Waals surface area (Å²) < 4.78 is 17.4. The van der Waals surface area contributed by atoms with Crippen molar-refractivity contribution in [3.05, 3.63) is 59.7 Å². The van der Waals surface area contributed by atoms with Crippen LogP contribution in [-0.2, 0) is 4.74 Å².